The number of hydrogen-bond acceptors (Lipinski definition) is 3. The van der Waals surface area contributed by atoms with E-state index in [1.807, 2.05) is 18.2 Å². The summed E-state index contributed by atoms with van der Waals surface area (Å²) in [5.74, 6) is 2.22. The predicted octanol–water partition coefficient (Wildman–Crippen LogP) is 5.23. The first-order valence-electron chi connectivity index (χ1n) is 10.4. The second-order valence-corrected chi connectivity index (χ2v) is 8.76. The SMILES string of the molecule is C[C@]1(CO)CC[C@@H]2c3ccc(OCc4ccccc4)cc3CC[C@H]2[C@@H]1CC#N. The summed E-state index contributed by atoms with van der Waals surface area (Å²) >= 11 is 0. The van der Waals surface area contributed by atoms with Gasteiger partial charge in [-0.15, -0.1) is 0 Å². The number of benzene rings is 2. The molecule has 28 heavy (non-hydrogen) atoms. The lowest BCUT2D eigenvalue weighted by atomic mass is 9.54. The van der Waals surface area contributed by atoms with Crippen molar-refractivity contribution >= 4 is 0 Å². The lowest BCUT2D eigenvalue weighted by molar-refractivity contribution is -0.0106. The normalized spacial score (nSPS) is 28.7. The molecule has 1 saturated carbocycles. The van der Waals surface area contributed by atoms with Crippen molar-refractivity contribution in [3.8, 4) is 11.8 Å². The average Bonchev–Trinajstić information content (AvgIpc) is 2.74. The monoisotopic (exact) mass is 375 g/mol. The van der Waals surface area contributed by atoms with Crippen LogP contribution in [0.3, 0.4) is 0 Å². The van der Waals surface area contributed by atoms with Crippen molar-refractivity contribution in [1.82, 2.24) is 0 Å². The Bertz CT molecular complexity index is 857. The minimum absolute atomic E-state index is 0.118. The van der Waals surface area contributed by atoms with Crippen LogP contribution in [0, 0.1) is 28.6 Å². The lowest BCUT2D eigenvalue weighted by Crippen LogP contribution is -2.44. The Morgan fingerprint density at radius 2 is 2.00 bits per heavy atom. The van der Waals surface area contributed by atoms with E-state index in [9.17, 15) is 10.4 Å². The average molecular weight is 376 g/mol. The molecular formula is C25H29NO2. The van der Waals surface area contributed by atoms with Crippen LogP contribution < -0.4 is 4.74 Å². The van der Waals surface area contributed by atoms with Gasteiger partial charge in [0.25, 0.3) is 0 Å². The number of rotatable bonds is 5. The third-order valence-electron chi connectivity index (χ3n) is 7.14. The molecule has 2 aliphatic rings. The van der Waals surface area contributed by atoms with Gasteiger partial charge in [0, 0.05) is 13.0 Å². The van der Waals surface area contributed by atoms with Gasteiger partial charge in [-0.25, -0.2) is 0 Å². The number of nitrogens with zero attached hydrogens (tertiary/aromatic N) is 1. The van der Waals surface area contributed by atoms with Gasteiger partial charge in [0.1, 0.15) is 12.4 Å². The van der Waals surface area contributed by atoms with Gasteiger partial charge in [-0.2, -0.15) is 5.26 Å². The molecular weight excluding hydrogens is 346 g/mol. The number of aliphatic hydroxyl groups excluding tert-OH is 1. The maximum atomic E-state index is 10.00. The van der Waals surface area contributed by atoms with E-state index in [0.717, 1.165) is 31.4 Å². The maximum absolute atomic E-state index is 10.00. The molecule has 0 amide bonds. The first kappa shape index (κ1) is 19.0. The summed E-state index contributed by atoms with van der Waals surface area (Å²) in [6.07, 6.45) is 4.76. The zero-order valence-electron chi connectivity index (χ0n) is 16.6. The van der Waals surface area contributed by atoms with Gasteiger partial charge < -0.3 is 9.84 Å². The molecule has 0 spiro atoms. The number of ether oxygens (including phenoxy) is 1. The third-order valence-corrected chi connectivity index (χ3v) is 7.14. The van der Waals surface area contributed by atoms with E-state index in [1.165, 1.54) is 16.7 Å². The zero-order valence-corrected chi connectivity index (χ0v) is 16.6. The second-order valence-electron chi connectivity index (χ2n) is 8.76. The van der Waals surface area contributed by atoms with Crippen LogP contribution in [0.2, 0.25) is 0 Å². The van der Waals surface area contributed by atoms with E-state index in [-0.39, 0.29) is 17.9 Å². The summed E-state index contributed by atoms with van der Waals surface area (Å²) < 4.78 is 6.03. The topological polar surface area (TPSA) is 53.2 Å². The Labute approximate surface area is 168 Å². The van der Waals surface area contributed by atoms with Crippen LogP contribution in [-0.4, -0.2) is 11.7 Å². The molecule has 3 nitrogen and oxygen atoms in total. The van der Waals surface area contributed by atoms with Gasteiger partial charge in [-0.1, -0.05) is 43.3 Å². The van der Waals surface area contributed by atoms with Gasteiger partial charge in [-0.05, 0) is 77.7 Å². The molecule has 146 valence electrons. The van der Waals surface area contributed by atoms with Crippen molar-refractivity contribution in [3.05, 3.63) is 65.2 Å². The van der Waals surface area contributed by atoms with Crippen LogP contribution in [0.5, 0.6) is 5.75 Å². The fourth-order valence-electron chi connectivity index (χ4n) is 5.48. The molecule has 0 aromatic heterocycles. The lowest BCUT2D eigenvalue weighted by Gasteiger charge is -2.50. The van der Waals surface area contributed by atoms with Crippen molar-refractivity contribution in [3.63, 3.8) is 0 Å². The molecule has 2 aromatic rings. The smallest absolute Gasteiger partial charge is 0.120 e. The Balaban J connectivity index is 1.53. The van der Waals surface area contributed by atoms with Crippen molar-refractivity contribution in [2.45, 2.75) is 51.6 Å². The fraction of sp³-hybridized carbons (Fsp3) is 0.480. The molecule has 1 fully saturated rings. The summed E-state index contributed by atoms with van der Waals surface area (Å²) in [7, 11) is 0. The third kappa shape index (κ3) is 3.54. The van der Waals surface area contributed by atoms with Crippen LogP contribution in [0.25, 0.3) is 0 Å². The minimum atomic E-state index is -0.118. The van der Waals surface area contributed by atoms with Gasteiger partial charge in [-0.3, -0.25) is 0 Å². The zero-order chi connectivity index (χ0) is 19.6. The first-order chi connectivity index (χ1) is 13.6. The Kier molecular flexibility index (Phi) is 5.42. The van der Waals surface area contributed by atoms with Gasteiger partial charge in [0.05, 0.1) is 6.07 Å². The quantitative estimate of drug-likeness (QED) is 0.778. The highest BCUT2D eigenvalue weighted by Gasteiger charge is 2.47. The highest BCUT2D eigenvalue weighted by atomic mass is 16.5. The summed E-state index contributed by atoms with van der Waals surface area (Å²) in [5, 5.41) is 19.4. The minimum Gasteiger partial charge on any atom is -0.489 e. The summed E-state index contributed by atoms with van der Waals surface area (Å²) in [4.78, 5) is 0. The molecule has 0 unspecified atom stereocenters. The molecule has 0 bridgehead atoms. The van der Waals surface area contributed by atoms with Crippen LogP contribution in [0.1, 0.15) is 55.2 Å². The van der Waals surface area contributed by atoms with Gasteiger partial charge in [0.15, 0.2) is 0 Å². The molecule has 2 aliphatic carbocycles. The fourth-order valence-corrected chi connectivity index (χ4v) is 5.48. The van der Waals surface area contributed by atoms with Crippen molar-refractivity contribution in [1.29, 1.82) is 5.26 Å². The van der Waals surface area contributed by atoms with E-state index < -0.39 is 0 Å². The molecule has 1 N–H and O–H groups in total. The van der Waals surface area contributed by atoms with Crippen LogP contribution in [0.15, 0.2) is 48.5 Å². The van der Waals surface area contributed by atoms with E-state index in [4.69, 9.17) is 4.74 Å². The number of aliphatic hydroxyl groups is 1. The van der Waals surface area contributed by atoms with Crippen molar-refractivity contribution in [2.24, 2.45) is 17.3 Å². The molecule has 4 atom stereocenters. The summed E-state index contributed by atoms with van der Waals surface area (Å²) in [6.45, 7) is 2.94. The molecule has 3 heteroatoms. The summed E-state index contributed by atoms with van der Waals surface area (Å²) in [6, 6.07) is 19.2. The van der Waals surface area contributed by atoms with E-state index >= 15 is 0 Å². The molecule has 0 heterocycles. The molecule has 0 radical (unpaired) electrons. The molecule has 0 saturated heterocycles. The number of fused-ring (bicyclic) bond motifs is 3. The van der Waals surface area contributed by atoms with Gasteiger partial charge >= 0.3 is 0 Å². The highest BCUT2D eigenvalue weighted by molar-refractivity contribution is 5.40. The molecule has 4 rings (SSSR count). The molecule has 2 aromatic carbocycles. The van der Waals surface area contributed by atoms with Crippen LogP contribution in [0.4, 0.5) is 0 Å². The Morgan fingerprint density at radius 1 is 1.18 bits per heavy atom. The second kappa shape index (κ2) is 7.97. The largest absolute Gasteiger partial charge is 0.489 e. The highest BCUT2D eigenvalue weighted by Crippen LogP contribution is 2.55. The van der Waals surface area contributed by atoms with E-state index in [2.05, 4.69) is 43.3 Å². The van der Waals surface area contributed by atoms with E-state index in [0.29, 0.717) is 24.9 Å². The van der Waals surface area contributed by atoms with Gasteiger partial charge in [0.2, 0.25) is 0 Å². The Morgan fingerprint density at radius 3 is 2.75 bits per heavy atom. The standard InChI is InChI=1S/C25H29NO2/c1-25(17-27)13-11-22-21-10-8-20(28-16-18-5-3-2-4-6-18)15-19(21)7-9-23(22)24(25)12-14-26/h2-6,8,10,15,22-24,27H,7,9,11-13,16-17H2,1H3/t22-,23-,24+,25-/m1/s1. The van der Waals surface area contributed by atoms with Crippen molar-refractivity contribution in [2.75, 3.05) is 6.61 Å². The first-order valence-corrected chi connectivity index (χ1v) is 10.4. The molecule has 0 aliphatic heterocycles. The number of nitriles is 1. The summed E-state index contributed by atoms with van der Waals surface area (Å²) in [5.41, 5.74) is 3.89. The van der Waals surface area contributed by atoms with Crippen LogP contribution in [-0.2, 0) is 13.0 Å². The maximum Gasteiger partial charge on any atom is 0.120 e. The van der Waals surface area contributed by atoms with Crippen LogP contribution >= 0.6 is 0 Å². The predicted molar refractivity (Wildman–Crippen MR) is 110 cm³/mol. The van der Waals surface area contributed by atoms with Crippen molar-refractivity contribution < 1.29 is 9.84 Å². The Hall–Kier alpha value is -2.31. The number of hydrogen-bond donors (Lipinski definition) is 1. The van der Waals surface area contributed by atoms with E-state index in [1.54, 1.807) is 0 Å². The number of aryl methyl sites for hydroxylation is 1.